The van der Waals surface area contributed by atoms with Crippen LogP contribution < -0.4 is 10.2 Å². The standard InChI is InChI=1S/C23H24BrN3O/c1-4-27(5-2)22-14-16(3)20-15-19(11-12-21(20)26-22)25-23(28)13-8-17-6-9-18(24)10-7-17/h6-15H,4-5H2,1-3H3,(H,25,28)/b13-8+. The number of carbonyl (C=O) groups is 1. The molecule has 0 radical (unpaired) electrons. The summed E-state index contributed by atoms with van der Waals surface area (Å²) in [5.41, 5.74) is 3.82. The molecule has 0 aliphatic rings. The lowest BCUT2D eigenvalue weighted by Crippen LogP contribution is -2.23. The fourth-order valence-corrected chi connectivity index (χ4v) is 3.36. The molecule has 4 nitrogen and oxygen atoms in total. The number of halogens is 1. The van der Waals surface area contributed by atoms with Crippen molar-refractivity contribution in [3.63, 3.8) is 0 Å². The summed E-state index contributed by atoms with van der Waals surface area (Å²) in [6, 6.07) is 15.7. The monoisotopic (exact) mass is 437 g/mol. The molecule has 28 heavy (non-hydrogen) atoms. The zero-order valence-corrected chi connectivity index (χ0v) is 18.0. The van der Waals surface area contributed by atoms with Crippen LogP contribution in [0.4, 0.5) is 11.5 Å². The molecule has 0 fully saturated rings. The summed E-state index contributed by atoms with van der Waals surface area (Å²) < 4.78 is 1.01. The molecular weight excluding hydrogens is 414 g/mol. The average Bonchev–Trinajstić information content (AvgIpc) is 2.69. The summed E-state index contributed by atoms with van der Waals surface area (Å²) >= 11 is 3.40. The Hall–Kier alpha value is -2.66. The number of aryl methyl sites for hydroxylation is 1. The van der Waals surface area contributed by atoms with Crippen LogP contribution in [-0.2, 0) is 4.79 Å². The van der Waals surface area contributed by atoms with Crippen LogP contribution in [0.15, 0.2) is 59.1 Å². The van der Waals surface area contributed by atoms with Gasteiger partial charge in [-0.1, -0.05) is 28.1 Å². The highest BCUT2D eigenvalue weighted by Gasteiger charge is 2.09. The van der Waals surface area contributed by atoms with Crippen molar-refractivity contribution in [1.82, 2.24) is 4.98 Å². The number of carbonyl (C=O) groups excluding carboxylic acids is 1. The summed E-state index contributed by atoms with van der Waals surface area (Å²) in [4.78, 5) is 19.3. The van der Waals surface area contributed by atoms with Gasteiger partial charge in [-0.2, -0.15) is 0 Å². The number of nitrogens with one attached hydrogen (secondary N) is 1. The quantitative estimate of drug-likeness (QED) is 0.495. The first-order valence-electron chi connectivity index (χ1n) is 9.41. The van der Waals surface area contributed by atoms with Gasteiger partial charge in [0.2, 0.25) is 5.91 Å². The van der Waals surface area contributed by atoms with Crippen LogP contribution in [0, 0.1) is 6.92 Å². The third-order valence-electron chi connectivity index (χ3n) is 4.65. The molecule has 0 saturated carbocycles. The van der Waals surface area contributed by atoms with Gasteiger partial charge >= 0.3 is 0 Å². The molecule has 144 valence electrons. The Bertz CT molecular complexity index is 1010. The summed E-state index contributed by atoms with van der Waals surface area (Å²) in [5.74, 6) is 0.830. The van der Waals surface area contributed by atoms with Crippen LogP contribution in [-0.4, -0.2) is 24.0 Å². The van der Waals surface area contributed by atoms with Gasteiger partial charge in [0.1, 0.15) is 5.82 Å². The van der Waals surface area contributed by atoms with Crippen molar-refractivity contribution >= 4 is 50.3 Å². The van der Waals surface area contributed by atoms with Crippen molar-refractivity contribution in [2.75, 3.05) is 23.3 Å². The summed E-state index contributed by atoms with van der Waals surface area (Å²) in [7, 11) is 0. The molecule has 0 bridgehead atoms. The molecule has 0 saturated heterocycles. The van der Waals surface area contributed by atoms with E-state index in [1.807, 2.05) is 42.5 Å². The highest BCUT2D eigenvalue weighted by Crippen LogP contribution is 2.25. The Morgan fingerprint density at radius 1 is 1.11 bits per heavy atom. The smallest absolute Gasteiger partial charge is 0.248 e. The van der Waals surface area contributed by atoms with Gasteiger partial charge in [-0.15, -0.1) is 0 Å². The first-order chi connectivity index (χ1) is 13.5. The van der Waals surface area contributed by atoms with E-state index < -0.39 is 0 Å². The number of hydrogen-bond donors (Lipinski definition) is 1. The van der Waals surface area contributed by atoms with E-state index in [1.54, 1.807) is 12.2 Å². The largest absolute Gasteiger partial charge is 0.357 e. The highest BCUT2D eigenvalue weighted by atomic mass is 79.9. The third-order valence-corrected chi connectivity index (χ3v) is 5.18. The lowest BCUT2D eigenvalue weighted by molar-refractivity contribution is -0.111. The molecule has 0 spiro atoms. The van der Waals surface area contributed by atoms with E-state index in [2.05, 4.69) is 53.0 Å². The molecule has 1 amide bonds. The molecule has 0 atom stereocenters. The second kappa shape index (κ2) is 9.02. The molecule has 1 heterocycles. The van der Waals surface area contributed by atoms with Gasteiger partial charge in [-0.25, -0.2) is 4.98 Å². The number of pyridine rings is 1. The number of amides is 1. The molecule has 3 aromatic rings. The van der Waals surface area contributed by atoms with Crippen molar-refractivity contribution < 1.29 is 4.79 Å². The number of anilines is 2. The van der Waals surface area contributed by atoms with Crippen LogP contribution in [0.25, 0.3) is 17.0 Å². The van der Waals surface area contributed by atoms with Gasteiger partial charge in [0.15, 0.2) is 0 Å². The van der Waals surface area contributed by atoms with Crippen LogP contribution in [0.2, 0.25) is 0 Å². The van der Waals surface area contributed by atoms with Crippen LogP contribution >= 0.6 is 15.9 Å². The number of rotatable bonds is 6. The van der Waals surface area contributed by atoms with Gasteiger partial charge in [-0.05, 0) is 74.4 Å². The van der Waals surface area contributed by atoms with Gasteiger partial charge < -0.3 is 10.2 Å². The Morgan fingerprint density at radius 2 is 1.82 bits per heavy atom. The molecule has 0 unspecified atom stereocenters. The lowest BCUT2D eigenvalue weighted by atomic mass is 10.1. The topological polar surface area (TPSA) is 45.2 Å². The molecule has 0 aliphatic carbocycles. The first-order valence-corrected chi connectivity index (χ1v) is 10.2. The van der Waals surface area contributed by atoms with Gasteiger partial charge in [0.05, 0.1) is 5.52 Å². The predicted molar refractivity (Wildman–Crippen MR) is 122 cm³/mol. The zero-order valence-electron chi connectivity index (χ0n) is 16.4. The summed E-state index contributed by atoms with van der Waals surface area (Å²) in [5, 5.41) is 3.98. The molecular formula is C23H24BrN3O. The molecule has 0 aliphatic heterocycles. The predicted octanol–water partition coefficient (Wildman–Crippen LogP) is 5.80. The Balaban J connectivity index is 1.78. The van der Waals surface area contributed by atoms with Crippen LogP contribution in [0.1, 0.15) is 25.0 Å². The maximum Gasteiger partial charge on any atom is 0.248 e. The normalized spacial score (nSPS) is 11.1. The van der Waals surface area contributed by atoms with Crippen molar-refractivity contribution in [2.24, 2.45) is 0 Å². The Kier molecular flexibility index (Phi) is 6.47. The average molecular weight is 438 g/mol. The van der Waals surface area contributed by atoms with E-state index >= 15 is 0 Å². The van der Waals surface area contributed by atoms with E-state index in [0.29, 0.717) is 0 Å². The molecule has 3 rings (SSSR count). The number of hydrogen-bond acceptors (Lipinski definition) is 3. The minimum atomic E-state index is -0.160. The molecule has 1 N–H and O–H groups in total. The van der Waals surface area contributed by atoms with E-state index in [1.165, 1.54) is 0 Å². The minimum absolute atomic E-state index is 0.160. The molecule has 2 aromatic carbocycles. The number of aromatic nitrogens is 1. The second-order valence-electron chi connectivity index (χ2n) is 6.58. The van der Waals surface area contributed by atoms with Gasteiger partial charge in [0, 0.05) is 34.7 Å². The second-order valence-corrected chi connectivity index (χ2v) is 7.49. The lowest BCUT2D eigenvalue weighted by Gasteiger charge is -2.21. The zero-order chi connectivity index (χ0) is 20.1. The minimum Gasteiger partial charge on any atom is -0.357 e. The highest BCUT2D eigenvalue weighted by molar-refractivity contribution is 9.10. The van der Waals surface area contributed by atoms with Crippen LogP contribution in [0.3, 0.4) is 0 Å². The molecule has 1 aromatic heterocycles. The molecule has 5 heteroatoms. The number of nitrogens with zero attached hydrogens (tertiary/aromatic N) is 2. The van der Waals surface area contributed by atoms with Gasteiger partial charge in [-0.3, -0.25) is 4.79 Å². The maximum absolute atomic E-state index is 12.3. The SMILES string of the molecule is CCN(CC)c1cc(C)c2cc(NC(=O)/C=C/c3ccc(Br)cc3)ccc2n1. The summed E-state index contributed by atoms with van der Waals surface area (Å²) in [6.07, 6.45) is 3.34. The van der Waals surface area contributed by atoms with E-state index in [9.17, 15) is 4.79 Å². The van der Waals surface area contributed by atoms with E-state index in [4.69, 9.17) is 4.98 Å². The van der Waals surface area contributed by atoms with E-state index in [-0.39, 0.29) is 5.91 Å². The fourth-order valence-electron chi connectivity index (χ4n) is 3.09. The van der Waals surface area contributed by atoms with Crippen molar-refractivity contribution in [1.29, 1.82) is 0 Å². The Labute approximate surface area is 174 Å². The Morgan fingerprint density at radius 3 is 2.50 bits per heavy atom. The van der Waals surface area contributed by atoms with Crippen molar-refractivity contribution in [2.45, 2.75) is 20.8 Å². The van der Waals surface area contributed by atoms with E-state index in [0.717, 1.165) is 51.1 Å². The summed E-state index contributed by atoms with van der Waals surface area (Å²) in [6.45, 7) is 8.19. The number of fused-ring (bicyclic) bond motifs is 1. The fraction of sp³-hybridized carbons (Fsp3) is 0.217. The van der Waals surface area contributed by atoms with Crippen molar-refractivity contribution in [3.8, 4) is 0 Å². The van der Waals surface area contributed by atoms with Crippen molar-refractivity contribution in [3.05, 3.63) is 70.2 Å². The maximum atomic E-state index is 12.3. The van der Waals surface area contributed by atoms with Crippen LogP contribution in [0.5, 0.6) is 0 Å². The number of benzene rings is 2. The van der Waals surface area contributed by atoms with Gasteiger partial charge in [0.25, 0.3) is 0 Å². The third kappa shape index (κ3) is 4.78. The first kappa shape index (κ1) is 20.1.